The van der Waals surface area contributed by atoms with Gasteiger partial charge in [-0.25, -0.2) is 4.98 Å². The highest BCUT2D eigenvalue weighted by Gasteiger charge is 2.35. The molecule has 6 nitrogen and oxygen atoms in total. The molecule has 2 aromatic heterocycles. The molecule has 3 heterocycles. The molecule has 0 fully saturated rings. The molecule has 0 radical (unpaired) electrons. The van der Waals surface area contributed by atoms with Crippen molar-refractivity contribution in [1.82, 2.24) is 19.6 Å². The zero-order chi connectivity index (χ0) is 19.0. The quantitative estimate of drug-likeness (QED) is 0.697. The summed E-state index contributed by atoms with van der Waals surface area (Å²) in [6, 6.07) is 6.92. The molecular weight excluding hydrogens is 359 g/mol. The van der Waals surface area contributed by atoms with Gasteiger partial charge < -0.3 is 9.64 Å². The molecule has 0 spiro atoms. The molecule has 0 bridgehead atoms. The third-order valence-corrected chi connectivity index (χ3v) is 4.51. The van der Waals surface area contributed by atoms with Crippen LogP contribution in [0.4, 0.5) is 19.0 Å². The monoisotopic (exact) mass is 377 g/mol. The maximum atomic E-state index is 13.2. The zero-order valence-electron chi connectivity index (χ0n) is 14.7. The van der Waals surface area contributed by atoms with Crippen molar-refractivity contribution < 1.29 is 17.9 Å². The highest BCUT2D eigenvalue weighted by atomic mass is 19.4. The van der Waals surface area contributed by atoms with E-state index < -0.39 is 11.9 Å². The van der Waals surface area contributed by atoms with Crippen LogP contribution in [0.1, 0.15) is 30.2 Å². The van der Waals surface area contributed by atoms with Gasteiger partial charge in [-0.15, -0.1) is 0 Å². The normalized spacial score (nSPS) is 14.4. The Balaban J connectivity index is 1.67. The van der Waals surface area contributed by atoms with E-state index in [9.17, 15) is 13.2 Å². The Bertz CT molecular complexity index is 969. The maximum Gasteiger partial charge on any atom is 0.433 e. The number of aromatic nitrogens is 4. The molecular formula is C18H18F3N5O. The first-order chi connectivity index (χ1) is 13.0. The van der Waals surface area contributed by atoms with Gasteiger partial charge in [0.15, 0.2) is 5.69 Å². The molecule has 1 aliphatic rings. The Labute approximate surface area is 153 Å². The van der Waals surface area contributed by atoms with Crippen LogP contribution in [0.3, 0.4) is 0 Å². The van der Waals surface area contributed by atoms with Crippen molar-refractivity contribution in [3.63, 3.8) is 0 Å². The Morgan fingerprint density at radius 3 is 2.81 bits per heavy atom. The van der Waals surface area contributed by atoms with E-state index in [0.29, 0.717) is 31.9 Å². The van der Waals surface area contributed by atoms with E-state index in [0.717, 1.165) is 29.4 Å². The van der Waals surface area contributed by atoms with Gasteiger partial charge in [0.05, 0.1) is 6.61 Å². The minimum atomic E-state index is -4.54. The van der Waals surface area contributed by atoms with Crippen molar-refractivity contribution in [2.45, 2.75) is 32.5 Å². The number of benzene rings is 1. The number of anilines is 1. The second kappa shape index (κ2) is 6.71. The van der Waals surface area contributed by atoms with Crippen LogP contribution in [0.25, 0.3) is 5.78 Å². The van der Waals surface area contributed by atoms with Gasteiger partial charge in [0, 0.05) is 19.2 Å². The molecule has 0 atom stereocenters. The van der Waals surface area contributed by atoms with Crippen molar-refractivity contribution in [3.05, 3.63) is 47.4 Å². The third kappa shape index (κ3) is 3.41. The Morgan fingerprint density at radius 1 is 1.19 bits per heavy atom. The lowest BCUT2D eigenvalue weighted by Gasteiger charge is -2.31. The third-order valence-electron chi connectivity index (χ3n) is 4.51. The van der Waals surface area contributed by atoms with Crippen LogP contribution in [0.2, 0.25) is 0 Å². The molecule has 3 aromatic rings. The fourth-order valence-electron chi connectivity index (χ4n) is 3.20. The van der Waals surface area contributed by atoms with E-state index in [-0.39, 0.29) is 5.78 Å². The largest absolute Gasteiger partial charge is 0.494 e. The van der Waals surface area contributed by atoms with Crippen LogP contribution >= 0.6 is 0 Å². The molecule has 9 heteroatoms. The Kier molecular flexibility index (Phi) is 4.37. The van der Waals surface area contributed by atoms with Crippen LogP contribution < -0.4 is 9.64 Å². The van der Waals surface area contributed by atoms with Gasteiger partial charge in [-0.3, -0.25) is 0 Å². The minimum absolute atomic E-state index is 0.0612. The highest BCUT2D eigenvalue weighted by Crippen LogP contribution is 2.32. The van der Waals surface area contributed by atoms with Crippen LogP contribution in [-0.2, 0) is 19.1 Å². The van der Waals surface area contributed by atoms with Gasteiger partial charge in [-0.05, 0) is 36.1 Å². The topological polar surface area (TPSA) is 55.5 Å². The van der Waals surface area contributed by atoms with Crippen LogP contribution in [0.5, 0.6) is 5.75 Å². The van der Waals surface area contributed by atoms with Gasteiger partial charge in [-0.2, -0.15) is 27.8 Å². The van der Waals surface area contributed by atoms with E-state index >= 15 is 0 Å². The molecule has 0 unspecified atom stereocenters. The number of rotatable bonds is 4. The fourth-order valence-corrected chi connectivity index (χ4v) is 3.20. The molecule has 4 rings (SSSR count). The summed E-state index contributed by atoms with van der Waals surface area (Å²) >= 11 is 0. The van der Waals surface area contributed by atoms with Crippen LogP contribution in [0.15, 0.2) is 30.6 Å². The number of hydrogen-bond acceptors (Lipinski definition) is 5. The lowest BCUT2D eigenvalue weighted by Crippen LogP contribution is -2.32. The highest BCUT2D eigenvalue weighted by molar-refractivity contribution is 5.51. The van der Waals surface area contributed by atoms with Gasteiger partial charge in [0.1, 0.15) is 17.9 Å². The van der Waals surface area contributed by atoms with Crippen molar-refractivity contribution in [2.24, 2.45) is 0 Å². The molecule has 142 valence electrons. The molecule has 0 amide bonds. The standard InChI is InChI=1S/C18H18F3N5O/c1-2-7-27-14-4-3-13-10-25(6-5-12(13)8-14)16-9-15(18(19,20)21)24-17-22-11-23-26(16)17/h3-4,8-9,11H,2,5-7,10H2,1H3. The lowest BCUT2D eigenvalue weighted by molar-refractivity contribution is -0.141. The second-order valence-corrected chi connectivity index (χ2v) is 6.42. The zero-order valence-corrected chi connectivity index (χ0v) is 14.7. The summed E-state index contributed by atoms with van der Waals surface area (Å²) < 4.78 is 46.6. The van der Waals surface area contributed by atoms with Crippen LogP contribution in [-0.4, -0.2) is 32.7 Å². The molecule has 0 aliphatic carbocycles. The van der Waals surface area contributed by atoms with Crippen molar-refractivity contribution >= 4 is 11.6 Å². The summed E-state index contributed by atoms with van der Waals surface area (Å²) in [5, 5.41) is 4.03. The molecule has 0 saturated carbocycles. The first kappa shape index (κ1) is 17.6. The fraction of sp³-hybridized carbons (Fsp3) is 0.389. The average molecular weight is 377 g/mol. The Morgan fingerprint density at radius 2 is 2.04 bits per heavy atom. The SMILES string of the molecule is CCCOc1ccc2c(c1)CCN(c1cc(C(F)(F)F)nc3ncnn13)C2. The predicted octanol–water partition coefficient (Wildman–Crippen LogP) is 3.49. The summed E-state index contributed by atoms with van der Waals surface area (Å²) in [5.74, 6) is 1.10. The number of ether oxygens (including phenoxy) is 1. The molecule has 0 saturated heterocycles. The molecule has 0 N–H and O–H groups in total. The molecule has 1 aromatic carbocycles. The number of hydrogen-bond donors (Lipinski definition) is 0. The van der Waals surface area contributed by atoms with Gasteiger partial charge in [-0.1, -0.05) is 13.0 Å². The smallest absolute Gasteiger partial charge is 0.433 e. The van der Waals surface area contributed by atoms with Gasteiger partial charge in [0.25, 0.3) is 5.78 Å². The van der Waals surface area contributed by atoms with E-state index in [1.165, 1.54) is 10.8 Å². The van der Waals surface area contributed by atoms with E-state index in [1.807, 2.05) is 30.0 Å². The average Bonchev–Trinajstić information content (AvgIpc) is 3.13. The van der Waals surface area contributed by atoms with E-state index in [2.05, 4.69) is 15.1 Å². The summed E-state index contributed by atoms with van der Waals surface area (Å²) in [4.78, 5) is 9.27. The summed E-state index contributed by atoms with van der Waals surface area (Å²) in [7, 11) is 0. The number of alkyl halides is 3. The number of halogens is 3. The molecule has 1 aliphatic heterocycles. The van der Waals surface area contributed by atoms with Crippen molar-refractivity contribution in [1.29, 1.82) is 0 Å². The summed E-state index contributed by atoms with van der Waals surface area (Å²) in [6.07, 6.45) is -1.69. The first-order valence-electron chi connectivity index (χ1n) is 8.73. The predicted molar refractivity (Wildman–Crippen MR) is 92.8 cm³/mol. The minimum Gasteiger partial charge on any atom is -0.494 e. The Hall–Kier alpha value is -2.84. The number of nitrogens with zero attached hydrogens (tertiary/aromatic N) is 5. The first-order valence-corrected chi connectivity index (χ1v) is 8.73. The summed E-state index contributed by atoms with van der Waals surface area (Å²) in [6.45, 7) is 3.76. The second-order valence-electron chi connectivity index (χ2n) is 6.42. The van der Waals surface area contributed by atoms with Crippen molar-refractivity contribution in [2.75, 3.05) is 18.1 Å². The van der Waals surface area contributed by atoms with Crippen molar-refractivity contribution in [3.8, 4) is 5.75 Å². The van der Waals surface area contributed by atoms with Gasteiger partial charge in [0.2, 0.25) is 0 Å². The van der Waals surface area contributed by atoms with Gasteiger partial charge >= 0.3 is 6.18 Å². The maximum absolute atomic E-state index is 13.2. The van der Waals surface area contributed by atoms with E-state index in [1.54, 1.807) is 0 Å². The van der Waals surface area contributed by atoms with E-state index in [4.69, 9.17) is 4.74 Å². The lowest BCUT2D eigenvalue weighted by atomic mass is 9.99. The summed E-state index contributed by atoms with van der Waals surface area (Å²) in [5.41, 5.74) is 1.25. The molecule has 27 heavy (non-hydrogen) atoms. The van der Waals surface area contributed by atoms with Crippen LogP contribution in [0, 0.1) is 0 Å². The number of fused-ring (bicyclic) bond motifs is 2.